The zero-order valence-corrected chi connectivity index (χ0v) is 15.6. The number of thiophene rings is 2. The molecule has 1 aliphatic carbocycles. The number of nitrogens with one attached hydrogen (secondary N) is 2. The molecule has 140 valence electrons. The number of pyridine rings is 1. The van der Waals surface area contributed by atoms with Crippen LogP contribution in [0.2, 0.25) is 0 Å². The van der Waals surface area contributed by atoms with Crippen molar-refractivity contribution in [3.63, 3.8) is 0 Å². The van der Waals surface area contributed by atoms with Gasteiger partial charge in [0.15, 0.2) is 0 Å². The van der Waals surface area contributed by atoms with E-state index in [1.54, 1.807) is 17.5 Å². The third-order valence-electron chi connectivity index (χ3n) is 5.12. The van der Waals surface area contributed by atoms with E-state index in [2.05, 4.69) is 15.6 Å². The van der Waals surface area contributed by atoms with Crippen molar-refractivity contribution in [2.45, 2.75) is 37.5 Å². The summed E-state index contributed by atoms with van der Waals surface area (Å²) in [6, 6.07) is 4.61. The van der Waals surface area contributed by atoms with Crippen LogP contribution in [0, 0.1) is 0 Å². The Morgan fingerprint density at radius 3 is 2.63 bits per heavy atom. The number of anilines is 1. The van der Waals surface area contributed by atoms with Crippen molar-refractivity contribution in [1.29, 1.82) is 0 Å². The Hall–Kier alpha value is -2.13. The summed E-state index contributed by atoms with van der Waals surface area (Å²) in [7, 11) is 0. The first-order valence-corrected chi connectivity index (χ1v) is 10.3. The molecule has 1 amide bonds. The van der Waals surface area contributed by atoms with Crippen molar-refractivity contribution in [3.05, 3.63) is 34.0 Å². The van der Waals surface area contributed by atoms with Gasteiger partial charge in [0.1, 0.15) is 15.4 Å². The SMILES string of the molecule is O=C1NC2(CCCC2)Nc2c1sc1nc(-c3cccs3)cc(C(F)(F)F)c21. The fraction of sp³-hybridized carbons (Fsp3) is 0.333. The van der Waals surface area contributed by atoms with E-state index in [1.807, 2.05) is 0 Å². The number of aromatic nitrogens is 1. The largest absolute Gasteiger partial charge is 0.417 e. The number of hydrogen-bond donors (Lipinski definition) is 2. The van der Waals surface area contributed by atoms with E-state index in [0.29, 0.717) is 17.7 Å². The second kappa shape index (κ2) is 5.68. The van der Waals surface area contributed by atoms with Crippen LogP contribution < -0.4 is 10.6 Å². The molecule has 3 aromatic heterocycles. The molecule has 0 saturated heterocycles. The van der Waals surface area contributed by atoms with Gasteiger partial charge in [-0.2, -0.15) is 13.2 Å². The molecular formula is C18H14F3N3OS2. The minimum atomic E-state index is -4.54. The third-order valence-corrected chi connectivity index (χ3v) is 7.10. The lowest BCUT2D eigenvalue weighted by atomic mass is 10.0. The summed E-state index contributed by atoms with van der Waals surface area (Å²) in [5.41, 5.74) is -0.839. The van der Waals surface area contributed by atoms with Gasteiger partial charge in [-0.1, -0.05) is 6.07 Å². The predicted octanol–water partition coefficient (Wildman–Crippen LogP) is 5.47. The summed E-state index contributed by atoms with van der Waals surface area (Å²) in [6.45, 7) is 0. The van der Waals surface area contributed by atoms with Gasteiger partial charge in [0, 0.05) is 5.39 Å². The van der Waals surface area contributed by atoms with E-state index in [0.717, 1.165) is 30.2 Å². The monoisotopic (exact) mass is 409 g/mol. The molecule has 9 heteroatoms. The predicted molar refractivity (Wildman–Crippen MR) is 100 cm³/mol. The topological polar surface area (TPSA) is 54.0 Å². The second-order valence-corrected chi connectivity index (χ2v) is 8.83. The summed E-state index contributed by atoms with van der Waals surface area (Å²) >= 11 is 2.35. The molecule has 0 radical (unpaired) electrons. The van der Waals surface area contributed by atoms with Crippen LogP contribution >= 0.6 is 22.7 Å². The molecule has 27 heavy (non-hydrogen) atoms. The summed E-state index contributed by atoms with van der Waals surface area (Å²) in [6.07, 6.45) is -1.27. The first-order chi connectivity index (χ1) is 12.9. The molecule has 3 aromatic rings. The van der Waals surface area contributed by atoms with Crippen molar-refractivity contribution in [1.82, 2.24) is 10.3 Å². The van der Waals surface area contributed by atoms with Crippen LogP contribution in [0.3, 0.4) is 0 Å². The van der Waals surface area contributed by atoms with Crippen molar-refractivity contribution in [2.75, 3.05) is 5.32 Å². The number of carbonyl (C=O) groups excluding carboxylic acids is 1. The van der Waals surface area contributed by atoms with Gasteiger partial charge in [-0.3, -0.25) is 4.79 Å². The fourth-order valence-corrected chi connectivity index (χ4v) is 5.66. The van der Waals surface area contributed by atoms with Crippen LogP contribution in [0.1, 0.15) is 40.9 Å². The van der Waals surface area contributed by atoms with Crippen molar-refractivity contribution in [2.24, 2.45) is 0 Å². The van der Waals surface area contributed by atoms with E-state index in [4.69, 9.17) is 0 Å². The zero-order valence-electron chi connectivity index (χ0n) is 13.9. The molecule has 1 spiro atoms. The smallest absolute Gasteiger partial charge is 0.361 e. The van der Waals surface area contributed by atoms with E-state index in [-0.39, 0.29) is 32.4 Å². The highest BCUT2D eigenvalue weighted by Gasteiger charge is 2.44. The molecule has 2 aliphatic rings. The molecule has 1 saturated carbocycles. The van der Waals surface area contributed by atoms with Gasteiger partial charge < -0.3 is 10.6 Å². The summed E-state index contributed by atoms with van der Waals surface area (Å²) in [5.74, 6) is -0.320. The van der Waals surface area contributed by atoms with Crippen LogP contribution in [0.25, 0.3) is 20.8 Å². The van der Waals surface area contributed by atoms with Gasteiger partial charge in [0.05, 0.1) is 21.8 Å². The Morgan fingerprint density at radius 2 is 1.96 bits per heavy atom. The fourth-order valence-electron chi connectivity index (χ4n) is 3.92. The highest BCUT2D eigenvalue weighted by molar-refractivity contribution is 7.21. The number of amides is 1. The lowest BCUT2D eigenvalue weighted by molar-refractivity contribution is -0.136. The summed E-state index contributed by atoms with van der Waals surface area (Å²) in [5, 5.41) is 8.00. The Balaban J connectivity index is 1.78. The lowest BCUT2D eigenvalue weighted by Gasteiger charge is -2.36. The van der Waals surface area contributed by atoms with Crippen LogP contribution in [0.5, 0.6) is 0 Å². The maximum Gasteiger partial charge on any atom is 0.417 e. The van der Waals surface area contributed by atoms with Crippen molar-refractivity contribution >= 4 is 44.5 Å². The molecule has 4 heterocycles. The maximum atomic E-state index is 13.9. The minimum absolute atomic E-state index is 0.00364. The molecule has 0 bridgehead atoms. The molecule has 1 aliphatic heterocycles. The van der Waals surface area contributed by atoms with Crippen molar-refractivity contribution < 1.29 is 18.0 Å². The van der Waals surface area contributed by atoms with Crippen LogP contribution in [0.4, 0.5) is 18.9 Å². The Labute approximate surface area is 160 Å². The highest BCUT2D eigenvalue weighted by atomic mass is 32.1. The third kappa shape index (κ3) is 2.63. The number of nitrogens with zero attached hydrogens (tertiary/aromatic N) is 1. The van der Waals surface area contributed by atoms with Crippen LogP contribution in [0.15, 0.2) is 23.6 Å². The maximum absolute atomic E-state index is 13.9. The van der Waals surface area contributed by atoms with E-state index in [9.17, 15) is 18.0 Å². The molecule has 0 aromatic carbocycles. The summed E-state index contributed by atoms with van der Waals surface area (Å²) < 4.78 is 41.7. The quantitative estimate of drug-likeness (QED) is 0.560. The highest BCUT2D eigenvalue weighted by Crippen LogP contribution is 2.48. The zero-order chi connectivity index (χ0) is 18.8. The Morgan fingerprint density at radius 1 is 1.19 bits per heavy atom. The average Bonchev–Trinajstić information content (AvgIpc) is 3.33. The molecule has 0 unspecified atom stereocenters. The molecular weight excluding hydrogens is 395 g/mol. The minimum Gasteiger partial charge on any atom is -0.361 e. The molecule has 1 fully saturated rings. The van der Waals surface area contributed by atoms with Gasteiger partial charge >= 0.3 is 6.18 Å². The number of hydrogen-bond acceptors (Lipinski definition) is 5. The average molecular weight is 409 g/mol. The number of carbonyl (C=O) groups is 1. The number of rotatable bonds is 1. The van der Waals surface area contributed by atoms with Gasteiger partial charge in [0.25, 0.3) is 5.91 Å². The molecule has 2 N–H and O–H groups in total. The molecule has 0 atom stereocenters. The number of halogens is 3. The van der Waals surface area contributed by atoms with E-state index < -0.39 is 17.4 Å². The van der Waals surface area contributed by atoms with E-state index in [1.165, 1.54) is 11.3 Å². The van der Waals surface area contributed by atoms with Crippen LogP contribution in [-0.2, 0) is 6.18 Å². The first kappa shape index (κ1) is 17.0. The second-order valence-electron chi connectivity index (χ2n) is 6.88. The van der Waals surface area contributed by atoms with Gasteiger partial charge in [0.2, 0.25) is 0 Å². The number of fused-ring (bicyclic) bond motifs is 3. The van der Waals surface area contributed by atoms with Crippen molar-refractivity contribution in [3.8, 4) is 10.6 Å². The lowest BCUT2D eigenvalue weighted by Crippen LogP contribution is -2.55. The Bertz CT molecular complexity index is 1050. The van der Waals surface area contributed by atoms with Crippen LogP contribution in [-0.4, -0.2) is 16.6 Å². The van der Waals surface area contributed by atoms with Gasteiger partial charge in [-0.15, -0.1) is 22.7 Å². The summed E-state index contributed by atoms with van der Waals surface area (Å²) in [4.78, 5) is 18.3. The Kier molecular flexibility index (Phi) is 3.58. The molecule has 5 rings (SSSR count). The number of alkyl halides is 3. The van der Waals surface area contributed by atoms with Gasteiger partial charge in [-0.05, 0) is 43.2 Å². The standard InChI is InChI=1S/C18H14F3N3OS2/c19-18(20,21)9-8-10(11-4-3-7-26-11)22-16-12(9)13-14(27-16)15(25)24-17(23-13)5-1-2-6-17/h3-4,7-8,23H,1-2,5-6H2,(H,24,25). The van der Waals surface area contributed by atoms with Gasteiger partial charge in [-0.25, -0.2) is 4.98 Å². The van der Waals surface area contributed by atoms with E-state index >= 15 is 0 Å². The normalized spacial score (nSPS) is 18.6. The molecule has 4 nitrogen and oxygen atoms in total. The first-order valence-electron chi connectivity index (χ1n) is 8.56.